The molecule has 0 aromatic carbocycles. The molecule has 2 heterocycles. The second kappa shape index (κ2) is 6.53. The number of hydrogen-bond acceptors (Lipinski definition) is 5. The maximum absolute atomic E-state index is 13.7. The highest BCUT2D eigenvalue weighted by molar-refractivity contribution is 5.47. The average molecular weight is 301 g/mol. The lowest BCUT2D eigenvalue weighted by Crippen LogP contribution is -2.43. The van der Waals surface area contributed by atoms with Crippen molar-refractivity contribution in [2.75, 3.05) is 30.3 Å². The van der Waals surface area contributed by atoms with Crippen LogP contribution in [0.15, 0.2) is 6.07 Å². The van der Waals surface area contributed by atoms with Gasteiger partial charge in [0.15, 0.2) is 23.3 Å². The third-order valence-electron chi connectivity index (χ3n) is 3.69. The molecule has 0 saturated carbocycles. The number of nitrogens with zero attached hydrogens (tertiary/aromatic N) is 1. The minimum atomic E-state index is -1.07. The van der Waals surface area contributed by atoms with E-state index in [0.717, 1.165) is 12.5 Å². The molecule has 0 bridgehead atoms. The number of halogens is 2. The smallest absolute Gasteiger partial charge is 0.168 e. The van der Waals surface area contributed by atoms with E-state index < -0.39 is 17.2 Å². The van der Waals surface area contributed by atoms with Crippen molar-refractivity contribution in [2.24, 2.45) is 0 Å². The van der Waals surface area contributed by atoms with E-state index >= 15 is 0 Å². The van der Waals surface area contributed by atoms with Crippen LogP contribution in [0, 0.1) is 11.6 Å². The summed E-state index contributed by atoms with van der Waals surface area (Å²) < 4.78 is 32.6. The van der Waals surface area contributed by atoms with Gasteiger partial charge < -0.3 is 20.5 Å². The van der Waals surface area contributed by atoms with Gasteiger partial charge >= 0.3 is 0 Å². The Morgan fingerprint density at radius 1 is 1.38 bits per heavy atom. The van der Waals surface area contributed by atoms with Gasteiger partial charge in [0.25, 0.3) is 0 Å². The zero-order valence-corrected chi connectivity index (χ0v) is 12.2. The fourth-order valence-corrected chi connectivity index (χ4v) is 2.20. The number of pyridine rings is 1. The standard InChI is InChI=1S/C14H21F2N3O2/c1-3-5-17-12-10(15)7-11(16)13(19-12)18-8-14(20)4-6-21-9(14)2/h7,9,20H,3-6,8H2,1-2H3,(H2,17,18,19). The maximum atomic E-state index is 13.7. The molecule has 0 radical (unpaired) electrons. The first-order chi connectivity index (χ1) is 9.96. The summed E-state index contributed by atoms with van der Waals surface area (Å²) >= 11 is 0. The second-order valence-electron chi connectivity index (χ2n) is 5.30. The van der Waals surface area contributed by atoms with Crippen LogP contribution in [0.4, 0.5) is 20.4 Å². The highest BCUT2D eigenvalue weighted by atomic mass is 19.1. The van der Waals surface area contributed by atoms with Crippen LogP contribution >= 0.6 is 0 Å². The molecule has 7 heteroatoms. The zero-order valence-electron chi connectivity index (χ0n) is 12.2. The molecular formula is C14H21F2N3O2. The summed E-state index contributed by atoms with van der Waals surface area (Å²) in [5, 5.41) is 15.9. The van der Waals surface area contributed by atoms with Crippen molar-refractivity contribution in [1.29, 1.82) is 0 Å². The summed E-state index contributed by atoms with van der Waals surface area (Å²) in [6.45, 7) is 4.80. The highest BCUT2D eigenvalue weighted by Gasteiger charge is 2.39. The van der Waals surface area contributed by atoms with Crippen molar-refractivity contribution in [1.82, 2.24) is 4.98 Å². The number of ether oxygens (including phenoxy) is 1. The van der Waals surface area contributed by atoms with Crippen molar-refractivity contribution in [3.63, 3.8) is 0 Å². The molecule has 0 spiro atoms. The monoisotopic (exact) mass is 301 g/mol. The Morgan fingerprint density at radius 2 is 2.05 bits per heavy atom. The van der Waals surface area contributed by atoms with Gasteiger partial charge in [-0.15, -0.1) is 0 Å². The van der Waals surface area contributed by atoms with E-state index in [-0.39, 0.29) is 24.3 Å². The number of nitrogens with one attached hydrogen (secondary N) is 2. The molecule has 1 fully saturated rings. The molecule has 1 aromatic rings. The van der Waals surface area contributed by atoms with E-state index in [9.17, 15) is 13.9 Å². The summed E-state index contributed by atoms with van der Waals surface area (Å²) in [5.41, 5.74) is -1.07. The van der Waals surface area contributed by atoms with Gasteiger partial charge in [0.1, 0.15) is 5.60 Å². The number of aliphatic hydroxyl groups is 1. The molecular weight excluding hydrogens is 280 g/mol. The Balaban J connectivity index is 2.08. The summed E-state index contributed by atoms with van der Waals surface area (Å²) in [6, 6.07) is 0.784. The molecule has 118 valence electrons. The first-order valence-electron chi connectivity index (χ1n) is 7.14. The van der Waals surface area contributed by atoms with Crippen molar-refractivity contribution in [2.45, 2.75) is 38.4 Å². The minimum Gasteiger partial charge on any atom is -0.385 e. The van der Waals surface area contributed by atoms with Crippen molar-refractivity contribution in [3.05, 3.63) is 17.7 Å². The predicted octanol–water partition coefficient (Wildman–Crippen LogP) is 2.13. The largest absolute Gasteiger partial charge is 0.385 e. The van der Waals surface area contributed by atoms with Gasteiger partial charge in [0.05, 0.1) is 6.10 Å². The number of rotatable bonds is 6. The van der Waals surface area contributed by atoms with Crippen LogP contribution in [-0.2, 0) is 4.74 Å². The van der Waals surface area contributed by atoms with Crippen molar-refractivity contribution >= 4 is 11.6 Å². The molecule has 5 nitrogen and oxygen atoms in total. The van der Waals surface area contributed by atoms with Crippen LogP contribution in [0.2, 0.25) is 0 Å². The second-order valence-corrected chi connectivity index (χ2v) is 5.30. The predicted molar refractivity (Wildman–Crippen MR) is 76.4 cm³/mol. The van der Waals surface area contributed by atoms with Gasteiger partial charge in [0, 0.05) is 32.2 Å². The van der Waals surface area contributed by atoms with Crippen LogP contribution in [0.25, 0.3) is 0 Å². The molecule has 1 aliphatic heterocycles. The molecule has 0 aliphatic carbocycles. The van der Waals surface area contributed by atoms with Crippen LogP contribution < -0.4 is 10.6 Å². The Morgan fingerprint density at radius 3 is 2.62 bits per heavy atom. The third kappa shape index (κ3) is 3.59. The Hall–Kier alpha value is -1.47. The summed E-state index contributed by atoms with van der Waals surface area (Å²) in [6.07, 6.45) is 0.923. The minimum absolute atomic E-state index is 0.00320. The summed E-state index contributed by atoms with van der Waals surface area (Å²) in [4.78, 5) is 3.90. The van der Waals surface area contributed by atoms with Crippen molar-refractivity contribution < 1.29 is 18.6 Å². The lowest BCUT2D eigenvalue weighted by molar-refractivity contribution is -0.0176. The fourth-order valence-electron chi connectivity index (χ4n) is 2.20. The van der Waals surface area contributed by atoms with Gasteiger partial charge in [-0.05, 0) is 13.3 Å². The van der Waals surface area contributed by atoms with E-state index in [1.165, 1.54) is 0 Å². The number of aromatic nitrogens is 1. The molecule has 1 saturated heterocycles. The van der Waals surface area contributed by atoms with E-state index in [2.05, 4.69) is 15.6 Å². The van der Waals surface area contributed by atoms with E-state index in [1.54, 1.807) is 6.92 Å². The average Bonchev–Trinajstić information content (AvgIpc) is 2.77. The van der Waals surface area contributed by atoms with Crippen molar-refractivity contribution in [3.8, 4) is 0 Å². The number of anilines is 2. The lowest BCUT2D eigenvalue weighted by Gasteiger charge is -2.26. The van der Waals surface area contributed by atoms with Crippen LogP contribution in [0.5, 0.6) is 0 Å². The maximum Gasteiger partial charge on any atom is 0.168 e. The van der Waals surface area contributed by atoms with E-state index in [1.807, 2.05) is 6.92 Å². The normalized spacial score (nSPS) is 25.1. The molecule has 21 heavy (non-hydrogen) atoms. The first-order valence-corrected chi connectivity index (χ1v) is 7.14. The fraction of sp³-hybridized carbons (Fsp3) is 0.643. The highest BCUT2D eigenvalue weighted by Crippen LogP contribution is 2.27. The van der Waals surface area contributed by atoms with E-state index in [0.29, 0.717) is 19.6 Å². The van der Waals surface area contributed by atoms with E-state index in [4.69, 9.17) is 4.74 Å². The molecule has 0 amide bonds. The van der Waals surface area contributed by atoms with Gasteiger partial charge in [-0.25, -0.2) is 13.8 Å². The summed E-state index contributed by atoms with van der Waals surface area (Å²) in [5.74, 6) is -1.60. The molecule has 2 atom stereocenters. The molecule has 2 unspecified atom stereocenters. The molecule has 2 rings (SSSR count). The number of hydrogen-bond donors (Lipinski definition) is 3. The zero-order chi connectivity index (χ0) is 15.5. The Labute approximate surface area is 122 Å². The SMILES string of the molecule is CCCNc1nc(NCC2(O)CCOC2C)c(F)cc1F. The summed E-state index contributed by atoms with van der Waals surface area (Å²) in [7, 11) is 0. The third-order valence-corrected chi connectivity index (χ3v) is 3.69. The van der Waals surface area contributed by atoms with Crippen LogP contribution in [0.3, 0.4) is 0 Å². The van der Waals surface area contributed by atoms with Gasteiger partial charge in [0.2, 0.25) is 0 Å². The van der Waals surface area contributed by atoms with Crippen LogP contribution in [-0.4, -0.2) is 41.5 Å². The molecule has 1 aliphatic rings. The Kier molecular flexibility index (Phi) is 4.95. The molecule has 1 aromatic heterocycles. The van der Waals surface area contributed by atoms with Gasteiger partial charge in [-0.3, -0.25) is 0 Å². The van der Waals surface area contributed by atoms with Gasteiger partial charge in [-0.1, -0.05) is 6.92 Å². The quantitative estimate of drug-likeness (QED) is 0.751. The first kappa shape index (κ1) is 15.9. The lowest BCUT2D eigenvalue weighted by atomic mass is 9.97. The topological polar surface area (TPSA) is 66.4 Å². The van der Waals surface area contributed by atoms with Crippen LogP contribution in [0.1, 0.15) is 26.7 Å². The van der Waals surface area contributed by atoms with Gasteiger partial charge in [-0.2, -0.15) is 0 Å². The Bertz CT molecular complexity index is 501. The molecule has 3 N–H and O–H groups in total.